The summed E-state index contributed by atoms with van der Waals surface area (Å²) in [6.45, 7) is -0.248. The molecule has 20 heavy (non-hydrogen) atoms. The topological polar surface area (TPSA) is 68.3 Å². The SMILES string of the molecule is O=C(COC(=O)C1CC1)Nc1cnc2ccccc2c1. The van der Waals surface area contributed by atoms with E-state index in [1.165, 1.54) is 0 Å². The molecule has 1 aliphatic rings. The Kier molecular flexibility index (Phi) is 3.33. The molecule has 3 rings (SSSR count). The fourth-order valence-electron chi connectivity index (χ4n) is 1.91. The van der Waals surface area contributed by atoms with E-state index in [-0.39, 0.29) is 24.4 Å². The number of anilines is 1. The molecule has 2 aromatic rings. The predicted molar refractivity (Wildman–Crippen MR) is 74.1 cm³/mol. The fourth-order valence-corrected chi connectivity index (χ4v) is 1.91. The van der Waals surface area contributed by atoms with Crippen molar-refractivity contribution in [1.29, 1.82) is 0 Å². The van der Waals surface area contributed by atoms with Gasteiger partial charge in [-0.25, -0.2) is 0 Å². The van der Waals surface area contributed by atoms with Gasteiger partial charge in [-0.3, -0.25) is 14.6 Å². The lowest BCUT2D eigenvalue weighted by Crippen LogP contribution is -2.21. The molecule has 1 heterocycles. The van der Waals surface area contributed by atoms with E-state index in [9.17, 15) is 9.59 Å². The van der Waals surface area contributed by atoms with Crippen molar-refractivity contribution in [2.75, 3.05) is 11.9 Å². The summed E-state index contributed by atoms with van der Waals surface area (Å²) in [4.78, 5) is 27.2. The number of fused-ring (bicyclic) bond motifs is 1. The van der Waals surface area contributed by atoms with Crippen LogP contribution < -0.4 is 5.32 Å². The molecular formula is C15H14N2O3. The number of carbonyl (C=O) groups is 2. The van der Waals surface area contributed by atoms with Crippen LogP contribution in [-0.2, 0) is 14.3 Å². The minimum atomic E-state index is -0.351. The van der Waals surface area contributed by atoms with Crippen molar-refractivity contribution in [1.82, 2.24) is 4.98 Å². The molecule has 0 aliphatic heterocycles. The molecule has 1 fully saturated rings. The normalized spacial score (nSPS) is 14.0. The Labute approximate surface area is 116 Å². The number of amides is 1. The molecule has 1 aromatic heterocycles. The van der Waals surface area contributed by atoms with Gasteiger partial charge in [-0.15, -0.1) is 0 Å². The van der Waals surface area contributed by atoms with Crippen molar-refractivity contribution in [3.63, 3.8) is 0 Å². The first-order valence-electron chi connectivity index (χ1n) is 6.53. The zero-order chi connectivity index (χ0) is 13.9. The Morgan fingerprint density at radius 3 is 2.90 bits per heavy atom. The number of hydrogen-bond acceptors (Lipinski definition) is 4. The largest absolute Gasteiger partial charge is 0.455 e. The summed E-state index contributed by atoms with van der Waals surface area (Å²) in [6, 6.07) is 9.48. The third-order valence-corrected chi connectivity index (χ3v) is 3.13. The Bertz CT molecular complexity index is 665. The van der Waals surface area contributed by atoms with Gasteiger partial charge in [0.2, 0.25) is 0 Å². The van der Waals surface area contributed by atoms with E-state index in [1.807, 2.05) is 30.3 Å². The molecule has 102 valence electrons. The molecule has 0 radical (unpaired) electrons. The van der Waals surface area contributed by atoms with Crippen LogP contribution in [0.1, 0.15) is 12.8 Å². The zero-order valence-corrected chi connectivity index (χ0v) is 10.8. The molecule has 5 nitrogen and oxygen atoms in total. The van der Waals surface area contributed by atoms with Crippen molar-refractivity contribution < 1.29 is 14.3 Å². The highest BCUT2D eigenvalue weighted by Gasteiger charge is 2.31. The standard InChI is InChI=1S/C15H14N2O3/c18-14(9-20-15(19)10-5-6-10)17-12-7-11-3-1-2-4-13(11)16-8-12/h1-4,7-8,10H,5-6,9H2,(H,17,18). The van der Waals surface area contributed by atoms with Gasteiger partial charge in [0.05, 0.1) is 23.3 Å². The highest BCUT2D eigenvalue weighted by atomic mass is 16.5. The lowest BCUT2D eigenvalue weighted by molar-refractivity contribution is -0.148. The average molecular weight is 270 g/mol. The minimum Gasteiger partial charge on any atom is -0.455 e. The van der Waals surface area contributed by atoms with Gasteiger partial charge < -0.3 is 10.1 Å². The van der Waals surface area contributed by atoms with E-state index >= 15 is 0 Å². The number of nitrogens with one attached hydrogen (secondary N) is 1. The van der Waals surface area contributed by atoms with E-state index < -0.39 is 0 Å². The first-order valence-corrected chi connectivity index (χ1v) is 6.53. The van der Waals surface area contributed by atoms with Crippen LogP contribution in [0.3, 0.4) is 0 Å². The molecule has 1 aromatic carbocycles. The number of carbonyl (C=O) groups excluding carboxylic acids is 2. The quantitative estimate of drug-likeness (QED) is 0.864. The molecule has 1 aliphatic carbocycles. The maximum Gasteiger partial charge on any atom is 0.309 e. The van der Waals surface area contributed by atoms with E-state index in [0.29, 0.717) is 5.69 Å². The number of hydrogen-bond donors (Lipinski definition) is 1. The van der Waals surface area contributed by atoms with Gasteiger partial charge in [0.25, 0.3) is 5.91 Å². The smallest absolute Gasteiger partial charge is 0.309 e. The van der Waals surface area contributed by atoms with Crippen molar-refractivity contribution in [3.8, 4) is 0 Å². The van der Waals surface area contributed by atoms with Crippen LogP contribution in [0.4, 0.5) is 5.69 Å². The fraction of sp³-hybridized carbons (Fsp3) is 0.267. The van der Waals surface area contributed by atoms with Gasteiger partial charge in [-0.1, -0.05) is 18.2 Å². The van der Waals surface area contributed by atoms with Gasteiger partial charge in [-0.2, -0.15) is 0 Å². The zero-order valence-electron chi connectivity index (χ0n) is 10.8. The van der Waals surface area contributed by atoms with Crippen LogP contribution in [0.25, 0.3) is 10.9 Å². The number of para-hydroxylation sites is 1. The number of ether oxygens (including phenoxy) is 1. The van der Waals surface area contributed by atoms with Crippen molar-refractivity contribution in [3.05, 3.63) is 36.5 Å². The lowest BCUT2D eigenvalue weighted by Gasteiger charge is -2.06. The van der Waals surface area contributed by atoms with Crippen molar-refractivity contribution in [2.45, 2.75) is 12.8 Å². The molecule has 1 amide bonds. The lowest BCUT2D eigenvalue weighted by atomic mass is 10.2. The summed E-state index contributed by atoms with van der Waals surface area (Å²) >= 11 is 0. The van der Waals surface area contributed by atoms with Gasteiger partial charge in [0.1, 0.15) is 0 Å². The number of benzene rings is 1. The highest BCUT2D eigenvalue weighted by Crippen LogP contribution is 2.29. The maximum atomic E-state index is 11.7. The summed E-state index contributed by atoms with van der Waals surface area (Å²) in [5, 5.41) is 3.61. The number of rotatable bonds is 4. The number of esters is 1. The van der Waals surface area contributed by atoms with Gasteiger partial charge in [-0.05, 0) is 25.0 Å². The van der Waals surface area contributed by atoms with Crippen LogP contribution in [0, 0.1) is 5.92 Å². The number of nitrogens with zero attached hydrogens (tertiary/aromatic N) is 1. The second kappa shape index (κ2) is 5.28. The molecule has 0 spiro atoms. The van der Waals surface area contributed by atoms with E-state index in [4.69, 9.17) is 4.74 Å². The molecule has 0 saturated heterocycles. The second-order valence-corrected chi connectivity index (χ2v) is 4.85. The molecule has 1 N–H and O–H groups in total. The Hall–Kier alpha value is -2.43. The molecular weight excluding hydrogens is 256 g/mol. The molecule has 1 saturated carbocycles. The molecule has 0 unspecified atom stereocenters. The van der Waals surface area contributed by atoms with Crippen molar-refractivity contribution in [2.24, 2.45) is 5.92 Å². The van der Waals surface area contributed by atoms with E-state index in [1.54, 1.807) is 6.20 Å². The Balaban J connectivity index is 1.60. The summed E-state index contributed by atoms with van der Waals surface area (Å²) in [6.07, 6.45) is 3.33. The van der Waals surface area contributed by atoms with Crippen LogP contribution in [0.2, 0.25) is 0 Å². The molecule has 0 bridgehead atoms. The first kappa shape index (κ1) is 12.6. The Morgan fingerprint density at radius 2 is 2.10 bits per heavy atom. The first-order chi connectivity index (χ1) is 9.72. The third kappa shape index (κ3) is 2.93. The summed E-state index contributed by atoms with van der Waals surface area (Å²) < 4.78 is 4.92. The highest BCUT2D eigenvalue weighted by molar-refractivity contribution is 5.94. The van der Waals surface area contributed by atoms with Crippen molar-refractivity contribution >= 4 is 28.5 Å². The monoisotopic (exact) mass is 270 g/mol. The Morgan fingerprint density at radius 1 is 1.30 bits per heavy atom. The maximum absolute atomic E-state index is 11.7. The molecule has 5 heteroatoms. The van der Waals surface area contributed by atoms with Gasteiger partial charge >= 0.3 is 5.97 Å². The van der Waals surface area contributed by atoms with Gasteiger partial charge in [0, 0.05) is 5.39 Å². The minimum absolute atomic E-state index is 0.00476. The summed E-state index contributed by atoms with van der Waals surface area (Å²) in [5.41, 5.74) is 1.46. The summed E-state index contributed by atoms with van der Waals surface area (Å²) in [7, 11) is 0. The predicted octanol–water partition coefficient (Wildman–Crippen LogP) is 2.13. The number of aromatic nitrogens is 1. The molecule has 0 atom stereocenters. The number of pyridine rings is 1. The third-order valence-electron chi connectivity index (χ3n) is 3.13. The summed E-state index contributed by atoms with van der Waals surface area (Å²) in [5.74, 6) is -0.627. The van der Waals surface area contributed by atoms with Gasteiger partial charge in [0.15, 0.2) is 6.61 Å². The average Bonchev–Trinajstić information content (AvgIpc) is 3.29. The van der Waals surface area contributed by atoms with E-state index in [2.05, 4.69) is 10.3 Å². The van der Waals surface area contributed by atoms with Crippen LogP contribution in [0.15, 0.2) is 36.5 Å². The van der Waals surface area contributed by atoms with Crippen LogP contribution in [-0.4, -0.2) is 23.5 Å². The van der Waals surface area contributed by atoms with E-state index in [0.717, 1.165) is 23.7 Å². The van der Waals surface area contributed by atoms with Crippen LogP contribution in [0.5, 0.6) is 0 Å². The van der Waals surface area contributed by atoms with Crippen LogP contribution >= 0.6 is 0 Å². The second-order valence-electron chi connectivity index (χ2n) is 4.85.